The lowest BCUT2D eigenvalue weighted by Crippen LogP contribution is -2.46. The Bertz CT molecular complexity index is 361. The van der Waals surface area contributed by atoms with Gasteiger partial charge in [-0.3, -0.25) is 9.48 Å². The minimum absolute atomic E-state index is 0.138. The first kappa shape index (κ1) is 12.1. The molecule has 1 aliphatic rings. The molecule has 0 saturated carbocycles. The van der Waals surface area contributed by atoms with Crippen LogP contribution in [0.15, 0.2) is 18.5 Å². The van der Waals surface area contributed by atoms with Crippen molar-refractivity contribution in [2.75, 3.05) is 13.1 Å². The van der Waals surface area contributed by atoms with Crippen molar-refractivity contribution < 1.29 is 4.79 Å². The van der Waals surface area contributed by atoms with Crippen LogP contribution in [-0.2, 0) is 11.3 Å². The first-order valence-corrected chi connectivity index (χ1v) is 6.17. The molecular weight excluding hydrogens is 216 g/mol. The van der Waals surface area contributed by atoms with E-state index in [0.29, 0.717) is 12.5 Å². The van der Waals surface area contributed by atoms with Crippen LogP contribution in [0.4, 0.5) is 0 Å². The summed E-state index contributed by atoms with van der Waals surface area (Å²) < 4.78 is 1.66. The molecule has 5 heteroatoms. The van der Waals surface area contributed by atoms with Gasteiger partial charge in [-0.15, -0.1) is 0 Å². The second kappa shape index (κ2) is 5.31. The maximum absolute atomic E-state index is 12.1. The number of piperidine rings is 1. The van der Waals surface area contributed by atoms with Crippen molar-refractivity contribution in [3.8, 4) is 0 Å². The first-order valence-electron chi connectivity index (χ1n) is 6.17. The Kier molecular flexibility index (Phi) is 3.78. The molecular formula is C12H20N4O. The average Bonchev–Trinajstić information content (AvgIpc) is 2.82. The summed E-state index contributed by atoms with van der Waals surface area (Å²) in [6.45, 7) is 3.99. The van der Waals surface area contributed by atoms with E-state index < -0.39 is 0 Å². The number of aromatic nitrogens is 2. The van der Waals surface area contributed by atoms with Crippen molar-refractivity contribution in [1.82, 2.24) is 14.7 Å². The molecule has 2 N–H and O–H groups in total. The van der Waals surface area contributed by atoms with Gasteiger partial charge in [0.1, 0.15) is 6.54 Å². The van der Waals surface area contributed by atoms with Crippen molar-refractivity contribution in [2.45, 2.75) is 32.4 Å². The Labute approximate surface area is 102 Å². The van der Waals surface area contributed by atoms with Gasteiger partial charge in [0.15, 0.2) is 0 Å². The summed E-state index contributed by atoms with van der Waals surface area (Å²) in [6.07, 6.45) is 5.68. The molecule has 0 spiro atoms. The lowest BCUT2D eigenvalue weighted by atomic mass is 9.92. The summed E-state index contributed by atoms with van der Waals surface area (Å²) >= 11 is 0. The normalized spacial score (nSPS) is 22.5. The topological polar surface area (TPSA) is 64.2 Å². The van der Waals surface area contributed by atoms with Crippen LogP contribution in [0.3, 0.4) is 0 Å². The molecule has 17 heavy (non-hydrogen) atoms. The summed E-state index contributed by atoms with van der Waals surface area (Å²) in [6, 6.07) is 1.99. The highest BCUT2D eigenvalue weighted by Gasteiger charge is 2.25. The molecule has 94 valence electrons. The smallest absolute Gasteiger partial charge is 0.244 e. The van der Waals surface area contributed by atoms with Gasteiger partial charge in [-0.25, -0.2) is 0 Å². The van der Waals surface area contributed by atoms with E-state index in [1.807, 2.05) is 24.1 Å². The standard InChI is InChI=1S/C12H20N4O/c1-10(13)11-4-2-6-15(8-11)12(17)9-16-7-3-5-14-16/h3,5,7,10-11H,2,4,6,8-9,13H2,1H3/t10-,11-/m0/s1. The van der Waals surface area contributed by atoms with E-state index in [1.165, 1.54) is 0 Å². The number of hydrogen-bond acceptors (Lipinski definition) is 3. The summed E-state index contributed by atoms with van der Waals surface area (Å²) in [4.78, 5) is 14.0. The number of likely N-dealkylation sites (tertiary alicyclic amines) is 1. The minimum Gasteiger partial charge on any atom is -0.341 e. The van der Waals surface area contributed by atoms with Crippen LogP contribution >= 0.6 is 0 Å². The van der Waals surface area contributed by atoms with Crippen LogP contribution in [0.2, 0.25) is 0 Å². The summed E-state index contributed by atoms with van der Waals surface area (Å²) in [5, 5.41) is 4.05. The summed E-state index contributed by atoms with van der Waals surface area (Å²) in [5.41, 5.74) is 5.91. The van der Waals surface area contributed by atoms with Crippen LogP contribution in [0, 0.1) is 5.92 Å². The number of amides is 1. The van der Waals surface area contributed by atoms with Gasteiger partial charge in [0.05, 0.1) is 0 Å². The molecule has 1 aromatic heterocycles. The third-order valence-electron chi connectivity index (χ3n) is 3.41. The van der Waals surface area contributed by atoms with Crippen molar-refractivity contribution >= 4 is 5.91 Å². The molecule has 5 nitrogen and oxygen atoms in total. The number of nitrogens with zero attached hydrogens (tertiary/aromatic N) is 3. The SMILES string of the molecule is C[C@H](N)[C@H]1CCCN(C(=O)Cn2cccn2)C1. The van der Waals surface area contributed by atoms with Crippen LogP contribution in [0.1, 0.15) is 19.8 Å². The lowest BCUT2D eigenvalue weighted by molar-refractivity contribution is -0.134. The van der Waals surface area contributed by atoms with E-state index in [0.717, 1.165) is 25.9 Å². The van der Waals surface area contributed by atoms with Gasteiger partial charge in [0.25, 0.3) is 0 Å². The van der Waals surface area contributed by atoms with Crippen LogP contribution in [0.5, 0.6) is 0 Å². The van der Waals surface area contributed by atoms with Gasteiger partial charge in [-0.05, 0) is 31.7 Å². The molecule has 0 aromatic carbocycles. The molecule has 2 heterocycles. The number of hydrogen-bond donors (Lipinski definition) is 1. The Morgan fingerprint density at radius 3 is 3.12 bits per heavy atom. The van der Waals surface area contributed by atoms with Crippen LogP contribution in [0.25, 0.3) is 0 Å². The molecule has 2 atom stereocenters. The Morgan fingerprint density at radius 1 is 1.65 bits per heavy atom. The molecule has 0 unspecified atom stereocenters. The molecule has 0 bridgehead atoms. The van der Waals surface area contributed by atoms with Crippen LogP contribution in [-0.4, -0.2) is 39.7 Å². The second-order valence-electron chi connectivity index (χ2n) is 4.80. The molecule has 1 aliphatic heterocycles. The maximum atomic E-state index is 12.1. The van der Waals surface area contributed by atoms with Crippen molar-refractivity contribution in [3.05, 3.63) is 18.5 Å². The highest BCUT2D eigenvalue weighted by Crippen LogP contribution is 2.18. The Hall–Kier alpha value is -1.36. The van der Waals surface area contributed by atoms with Crippen molar-refractivity contribution in [2.24, 2.45) is 11.7 Å². The molecule has 0 radical (unpaired) electrons. The zero-order valence-electron chi connectivity index (χ0n) is 10.2. The van der Waals surface area contributed by atoms with Gasteiger partial charge in [0, 0.05) is 31.5 Å². The van der Waals surface area contributed by atoms with Gasteiger partial charge in [0.2, 0.25) is 5.91 Å². The number of carbonyl (C=O) groups excluding carboxylic acids is 1. The quantitative estimate of drug-likeness (QED) is 0.829. The zero-order valence-corrected chi connectivity index (χ0v) is 10.2. The van der Waals surface area contributed by atoms with E-state index in [9.17, 15) is 4.79 Å². The highest BCUT2D eigenvalue weighted by atomic mass is 16.2. The second-order valence-corrected chi connectivity index (χ2v) is 4.80. The first-order chi connectivity index (χ1) is 8.16. The van der Waals surface area contributed by atoms with E-state index in [-0.39, 0.29) is 11.9 Å². The fourth-order valence-corrected chi connectivity index (χ4v) is 2.30. The number of nitrogens with two attached hydrogens (primary N) is 1. The fraction of sp³-hybridized carbons (Fsp3) is 0.667. The van der Waals surface area contributed by atoms with E-state index in [2.05, 4.69) is 5.10 Å². The molecule has 0 aliphatic carbocycles. The molecule has 1 aromatic rings. The number of carbonyl (C=O) groups is 1. The zero-order chi connectivity index (χ0) is 12.3. The largest absolute Gasteiger partial charge is 0.341 e. The monoisotopic (exact) mass is 236 g/mol. The maximum Gasteiger partial charge on any atom is 0.244 e. The predicted octanol–water partition coefficient (Wildman–Crippen LogP) is 0.469. The van der Waals surface area contributed by atoms with Crippen molar-refractivity contribution in [1.29, 1.82) is 0 Å². The van der Waals surface area contributed by atoms with E-state index in [1.54, 1.807) is 10.9 Å². The highest BCUT2D eigenvalue weighted by molar-refractivity contribution is 5.76. The number of rotatable bonds is 3. The Morgan fingerprint density at radius 2 is 2.47 bits per heavy atom. The van der Waals surface area contributed by atoms with Gasteiger partial charge in [-0.2, -0.15) is 5.10 Å². The molecule has 1 amide bonds. The summed E-state index contributed by atoms with van der Waals surface area (Å²) in [7, 11) is 0. The third kappa shape index (κ3) is 3.06. The van der Waals surface area contributed by atoms with Gasteiger partial charge in [-0.1, -0.05) is 0 Å². The molecule has 2 rings (SSSR count). The fourth-order valence-electron chi connectivity index (χ4n) is 2.30. The molecule has 1 fully saturated rings. The van der Waals surface area contributed by atoms with E-state index >= 15 is 0 Å². The predicted molar refractivity (Wildman–Crippen MR) is 65.2 cm³/mol. The Balaban J connectivity index is 1.91. The van der Waals surface area contributed by atoms with Crippen molar-refractivity contribution in [3.63, 3.8) is 0 Å². The van der Waals surface area contributed by atoms with Crippen LogP contribution < -0.4 is 5.73 Å². The minimum atomic E-state index is 0.138. The lowest BCUT2D eigenvalue weighted by Gasteiger charge is -2.34. The third-order valence-corrected chi connectivity index (χ3v) is 3.41. The van der Waals surface area contributed by atoms with E-state index in [4.69, 9.17) is 5.73 Å². The van der Waals surface area contributed by atoms with Gasteiger partial charge >= 0.3 is 0 Å². The molecule has 1 saturated heterocycles. The van der Waals surface area contributed by atoms with Gasteiger partial charge < -0.3 is 10.6 Å². The summed E-state index contributed by atoms with van der Waals surface area (Å²) in [5.74, 6) is 0.573. The average molecular weight is 236 g/mol.